The summed E-state index contributed by atoms with van der Waals surface area (Å²) in [6, 6.07) is 19.2. The summed E-state index contributed by atoms with van der Waals surface area (Å²) in [7, 11) is 0. The summed E-state index contributed by atoms with van der Waals surface area (Å²) in [5.41, 5.74) is 2.77. The van der Waals surface area contributed by atoms with E-state index in [0.29, 0.717) is 10.8 Å². The molecule has 134 valence electrons. The maximum absolute atomic E-state index is 12.4. The van der Waals surface area contributed by atoms with E-state index in [1.807, 2.05) is 74.5 Å². The molecule has 1 unspecified atom stereocenters. The minimum absolute atomic E-state index is 0.0141. The van der Waals surface area contributed by atoms with Crippen LogP contribution < -0.4 is 10.6 Å². The fraction of sp³-hybridized carbons (Fsp3) is 0.200. The van der Waals surface area contributed by atoms with Crippen LogP contribution in [0.3, 0.4) is 0 Å². The third-order valence-corrected chi connectivity index (χ3v) is 4.25. The Bertz CT molecular complexity index is 892. The molecular formula is C20H21ClN4O. The van der Waals surface area contributed by atoms with Crippen molar-refractivity contribution >= 4 is 23.3 Å². The largest absolute Gasteiger partial charge is 0.309 e. The number of carbonyl (C=O) groups is 1. The van der Waals surface area contributed by atoms with Gasteiger partial charge in [0, 0.05) is 17.1 Å². The predicted molar refractivity (Wildman–Crippen MR) is 105 cm³/mol. The van der Waals surface area contributed by atoms with Gasteiger partial charge >= 0.3 is 0 Å². The van der Waals surface area contributed by atoms with E-state index in [2.05, 4.69) is 15.7 Å². The van der Waals surface area contributed by atoms with Crippen molar-refractivity contribution in [2.45, 2.75) is 19.9 Å². The molecule has 6 heteroatoms. The zero-order valence-corrected chi connectivity index (χ0v) is 15.5. The lowest BCUT2D eigenvalue weighted by Gasteiger charge is -2.15. The number of carbonyl (C=O) groups excluding carboxylic acids is 1. The minimum atomic E-state index is -0.129. The molecule has 5 nitrogen and oxygen atoms in total. The first-order valence-corrected chi connectivity index (χ1v) is 8.81. The van der Waals surface area contributed by atoms with E-state index in [9.17, 15) is 4.79 Å². The Kier molecular flexibility index (Phi) is 5.71. The van der Waals surface area contributed by atoms with Crippen LogP contribution in [0.1, 0.15) is 24.2 Å². The average Bonchev–Trinajstić information content (AvgIpc) is 3.00. The number of halogens is 1. The van der Waals surface area contributed by atoms with Crippen LogP contribution >= 0.6 is 11.6 Å². The fourth-order valence-electron chi connectivity index (χ4n) is 2.68. The standard InChI is InChI=1S/C20H21ClN4O/c1-14-11-19(25(24-14)18-9-4-3-5-10-18)23-20(26)13-22-15(2)16-7-6-8-17(21)12-16/h3-12,15,22H,13H2,1-2H3,(H,23,26). The smallest absolute Gasteiger partial charge is 0.239 e. The van der Waals surface area contributed by atoms with E-state index in [4.69, 9.17) is 11.6 Å². The van der Waals surface area contributed by atoms with Crippen LogP contribution in [0.2, 0.25) is 5.02 Å². The number of hydrogen-bond donors (Lipinski definition) is 2. The maximum Gasteiger partial charge on any atom is 0.239 e. The molecule has 0 saturated carbocycles. The second kappa shape index (κ2) is 8.17. The third kappa shape index (κ3) is 4.50. The molecule has 0 fully saturated rings. The lowest BCUT2D eigenvalue weighted by molar-refractivity contribution is -0.115. The van der Waals surface area contributed by atoms with E-state index in [-0.39, 0.29) is 18.5 Å². The number of para-hydroxylation sites is 1. The molecule has 0 radical (unpaired) electrons. The van der Waals surface area contributed by atoms with Crippen molar-refractivity contribution < 1.29 is 4.79 Å². The second-order valence-corrected chi connectivity index (χ2v) is 6.56. The molecule has 3 rings (SSSR count). The van der Waals surface area contributed by atoms with E-state index in [1.54, 1.807) is 4.68 Å². The third-order valence-electron chi connectivity index (χ3n) is 4.02. The monoisotopic (exact) mass is 368 g/mol. The summed E-state index contributed by atoms with van der Waals surface area (Å²) >= 11 is 6.02. The Balaban J connectivity index is 1.64. The van der Waals surface area contributed by atoms with Gasteiger partial charge in [-0.1, -0.05) is 41.9 Å². The number of anilines is 1. The van der Waals surface area contributed by atoms with Gasteiger partial charge in [-0.3, -0.25) is 4.79 Å². The number of aryl methyl sites for hydroxylation is 1. The molecule has 1 aromatic heterocycles. The van der Waals surface area contributed by atoms with Gasteiger partial charge in [-0.05, 0) is 43.7 Å². The quantitative estimate of drug-likeness (QED) is 0.688. The van der Waals surface area contributed by atoms with Gasteiger partial charge in [0.1, 0.15) is 5.82 Å². The molecule has 0 aliphatic carbocycles. The topological polar surface area (TPSA) is 59.0 Å². The molecule has 0 aliphatic rings. The van der Waals surface area contributed by atoms with Crippen LogP contribution in [-0.4, -0.2) is 22.2 Å². The number of rotatable bonds is 6. The van der Waals surface area contributed by atoms with Gasteiger partial charge < -0.3 is 10.6 Å². The van der Waals surface area contributed by atoms with Gasteiger partial charge in [-0.25, -0.2) is 4.68 Å². The maximum atomic E-state index is 12.4. The van der Waals surface area contributed by atoms with E-state index in [0.717, 1.165) is 16.9 Å². The van der Waals surface area contributed by atoms with E-state index < -0.39 is 0 Å². The Hall–Kier alpha value is -2.63. The first-order valence-electron chi connectivity index (χ1n) is 8.44. The summed E-state index contributed by atoms with van der Waals surface area (Å²) in [5.74, 6) is 0.520. The molecule has 3 aromatic rings. The van der Waals surface area contributed by atoms with E-state index >= 15 is 0 Å². The van der Waals surface area contributed by atoms with Gasteiger partial charge in [0.2, 0.25) is 5.91 Å². The fourth-order valence-corrected chi connectivity index (χ4v) is 2.88. The number of nitrogens with one attached hydrogen (secondary N) is 2. The molecular weight excluding hydrogens is 348 g/mol. The minimum Gasteiger partial charge on any atom is -0.309 e. The van der Waals surface area contributed by atoms with Crippen LogP contribution in [0.15, 0.2) is 60.7 Å². The Morgan fingerprint density at radius 1 is 1.15 bits per heavy atom. The molecule has 26 heavy (non-hydrogen) atoms. The molecule has 0 aliphatic heterocycles. The summed E-state index contributed by atoms with van der Waals surface area (Å²) in [4.78, 5) is 12.4. The predicted octanol–water partition coefficient (Wildman–Crippen LogP) is 4.12. The highest BCUT2D eigenvalue weighted by Crippen LogP contribution is 2.18. The number of amides is 1. The summed E-state index contributed by atoms with van der Waals surface area (Å²) < 4.78 is 1.73. The number of nitrogens with zero attached hydrogens (tertiary/aromatic N) is 2. The van der Waals surface area contributed by atoms with Crippen LogP contribution in [0.4, 0.5) is 5.82 Å². The molecule has 1 heterocycles. The Morgan fingerprint density at radius 3 is 2.65 bits per heavy atom. The van der Waals surface area contributed by atoms with Crippen molar-refractivity contribution in [1.82, 2.24) is 15.1 Å². The van der Waals surface area contributed by atoms with Crippen LogP contribution in [0, 0.1) is 6.92 Å². The van der Waals surface area contributed by atoms with Crippen LogP contribution in [0.5, 0.6) is 0 Å². The summed E-state index contributed by atoms with van der Waals surface area (Å²) in [5, 5.41) is 11.3. The molecule has 0 saturated heterocycles. The highest BCUT2D eigenvalue weighted by molar-refractivity contribution is 6.30. The first-order chi connectivity index (χ1) is 12.5. The van der Waals surface area contributed by atoms with Gasteiger partial charge in [-0.2, -0.15) is 5.10 Å². The molecule has 1 amide bonds. The average molecular weight is 369 g/mol. The highest BCUT2D eigenvalue weighted by atomic mass is 35.5. The zero-order chi connectivity index (χ0) is 18.5. The molecule has 2 aromatic carbocycles. The molecule has 2 N–H and O–H groups in total. The molecule has 1 atom stereocenters. The second-order valence-electron chi connectivity index (χ2n) is 6.12. The van der Waals surface area contributed by atoms with Gasteiger partial charge in [0.15, 0.2) is 0 Å². The Morgan fingerprint density at radius 2 is 1.92 bits per heavy atom. The van der Waals surface area contributed by atoms with Crippen molar-refractivity contribution in [1.29, 1.82) is 0 Å². The highest BCUT2D eigenvalue weighted by Gasteiger charge is 2.12. The van der Waals surface area contributed by atoms with Crippen molar-refractivity contribution in [3.05, 3.63) is 76.9 Å². The zero-order valence-electron chi connectivity index (χ0n) is 14.7. The van der Waals surface area contributed by atoms with Gasteiger partial charge in [0.25, 0.3) is 0 Å². The SMILES string of the molecule is Cc1cc(NC(=O)CNC(C)c2cccc(Cl)c2)n(-c2ccccc2)n1. The lowest BCUT2D eigenvalue weighted by atomic mass is 10.1. The number of hydrogen-bond acceptors (Lipinski definition) is 3. The van der Waals surface area contributed by atoms with Crippen LogP contribution in [0.25, 0.3) is 5.69 Å². The number of aromatic nitrogens is 2. The number of benzene rings is 2. The van der Waals surface area contributed by atoms with Gasteiger partial charge in [0.05, 0.1) is 17.9 Å². The normalized spacial score (nSPS) is 12.0. The summed E-state index contributed by atoms with van der Waals surface area (Å²) in [6.07, 6.45) is 0. The molecule has 0 bridgehead atoms. The van der Waals surface area contributed by atoms with Crippen molar-refractivity contribution in [2.24, 2.45) is 0 Å². The van der Waals surface area contributed by atoms with Gasteiger partial charge in [-0.15, -0.1) is 0 Å². The lowest BCUT2D eigenvalue weighted by Crippen LogP contribution is -2.30. The van der Waals surface area contributed by atoms with Crippen LogP contribution in [-0.2, 0) is 4.79 Å². The van der Waals surface area contributed by atoms with Crippen molar-refractivity contribution in [2.75, 3.05) is 11.9 Å². The molecule has 0 spiro atoms. The first kappa shape index (κ1) is 18.2. The summed E-state index contributed by atoms with van der Waals surface area (Å²) in [6.45, 7) is 4.08. The van der Waals surface area contributed by atoms with E-state index in [1.165, 1.54) is 0 Å². The Labute approximate surface area is 158 Å². The van der Waals surface area contributed by atoms with Crippen molar-refractivity contribution in [3.63, 3.8) is 0 Å². The van der Waals surface area contributed by atoms with Crippen molar-refractivity contribution in [3.8, 4) is 5.69 Å².